The highest BCUT2D eigenvalue weighted by Gasteiger charge is 2.26. The Morgan fingerprint density at radius 2 is 1.70 bits per heavy atom. The zero-order valence-corrected chi connectivity index (χ0v) is 14.3. The van der Waals surface area contributed by atoms with Crippen molar-refractivity contribution in [2.75, 3.05) is 19.7 Å². The zero-order valence-electron chi connectivity index (χ0n) is 14.3. The monoisotopic (exact) mass is 309 g/mol. The molecule has 0 spiro atoms. The summed E-state index contributed by atoms with van der Waals surface area (Å²) in [6.45, 7) is 7.64. The van der Waals surface area contributed by atoms with E-state index in [1.807, 2.05) is 0 Å². The Bertz CT molecular complexity index is 617. The molecule has 2 aromatic rings. The number of hydrogen-bond acceptors (Lipinski definition) is 2. The van der Waals surface area contributed by atoms with Crippen molar-refractivity contribution in [3.8, 4) is 16.9 Å². The fraction of sp³-hybridized carbons (Fsp3) is 0.429. The Hall–Kier alpha value is -1.80. The minimum atomic E-state index is 0.493. The quantitative estimate of drug-likeness (QED) is 0.761. The molecule has 2 heteroatoms. The number of rotatable bonds is 6. The van der Waals surface area contributed by atoms with Crippen molar-refractivity contribution in [2.45, 2.75) is 39.2 Å². The smallest absolute Gasteiger partial charge is 0.123 e. The number of hydrogen-bond donors (Lipinski definition) is 0. The van der Waals surface area contributed by atoms with Gasteiger partial charge in [0.25, 0.3) is 0 Å². The van der Waals surface area contributed by atoms with Crippen LogP contribution in [0.15, 0.2) is 48.5 Å². The number of nitrogens with zero attached hydrogens (tertiary/aromatic N) is 1. The van der Waals surface area contributed by atoms with Gasteiger partial charge in [-0.05, 0) is 49.5 Å². The SMILES string of the molecule is CCCN(CCC)[C@@H]1COc2cccc(-c3ccccc3)c2C1. The zero-order chi connectivity index (χ0) is 16.1. The van der Waals surface area contributed by atoms with Gasteiger partial charge in [0.05, 0.1) is 0 Å². The van der Waals surface area contributed by atoms with E-state index in [9.17, 15) is 0 Å². The average Bonchev–Trinajstić information content (AvgIpc) is 2.61. The molecule has 1 atom stereocenters. The molecule has 0 saturated heterocycles. The second-order valence-corrected chi connectivity index (χ2v) is 6.35. The Morgan fingerprint density at radius 1 is 0.957 bits per heavy atom. The lowest BCUT2D eigenvalue weighted by molar-refractivity contribution is 0.119. The molecule has 0 N–H and O–H groups in total. The van der Waals surface area contributed by atoms with E-state index < -0.39 is 0 Å². The summed E-state index contributed by atoms with van der Waals surface area (Å²) in [5.41, 5.74) is 3.97. The van der Waals surface area contributed by atoms with Crippen molar-refractivity contribution in [3.63, 3.8) is 0 Å². The predicted molar refractivity (Wildman–Crippen MR) is 97.0 cm³/mol. The van der Waals surface area contributed by atoms with Gasteiger partial charge < -0.3 is 4.74 Å². The Kier molecular flexibility index (Phi) is 5.35. The number of fused-ring (bicyclic) bond motifs is 1. The molecule has 0 fully saturated rings. The second-order valence-electron chi connectivity index (χ2n) is 6.35. The molecule has 0 amide bonds. The summed E-state index contributed by atoms with van der Waals surface area (Å²) in [6, 6.07) is 17.6. The molecule has 3 rings (SSSR count). The molecule has 23 heavy (non-hydrogen) atoms. The third kappa shape index (κ3) is 3.59. The summed E-state index contributed by atoms with van der Waals surface area (Å²) in [6.07, 6.45) is 3.48. The van der Waals surface area contributed by atoms with Crippen LogP contribution in [-0.4, -0.2) is 30.6 Å². The summed E-state index contributed by atoms with van der Waals surface area (Å²) in [7, 11) is 0. The topological polar surface area (TPSA) is 12.5 Å². The predicted octanol–water partition coefficient (Wildman–Crippen LogP) is 4.78. The van der Waals surface area contributed by atoms with Gasteiger partial charge in [-0.3, -0.25) is 4.90 Å². The highest BCUT2D eigenvalue weighted by atomic mass is 16.5. The van der Waals surface area contributed by atoms with Gasteiger partial charge in [-0.15, -0.1) is 0 Å². The molecular formula is C21H27NO. The highest BCUT2D eigenvalue weighted by molar-refractivity contribution is 5.70. The first-order chi connectivity index (χ1) is 11.3. The molecular weight excluding hydrogens is 282 g/mol. The molecule has 2 nitrogen and oxygen atoms in total. The first-order valence-corrected chi connectivity index (χ1v) is 8.87. The van der Waals surface area contributed by atoms with Crippen LogP contribution in [0.2, 0.25) is 0 Å². The molecule has 1 heterocycles. The van der Waals surface area contributed by atoms with E-state index in [2.05, 4.69) is 67.3 Å². The fourth-order valence-electron chi connectivity index (χ4n) is 3.57. The molecule has 1 aliphatic rings. The molecule has 0 bridgehead atoms. The van der Waals surface area contributed by atoms with Crippen molar-refractivity contribution in [1.82, 2.24) is 4.90 Å². The van der Waals surface area contributed by atoms with E-state index in [1.54, 1.807) is 0 Å². The molecule has 0 aromatic heterocycles. The van der Waals surface area contributed by atoms with Gasteiger partial charge in [-0.1, -0.05) is 56.3 Å². The van der Waals surface area contributed by atoms with Gasteiger partial charge >= 0.3 is 0 Å². The lowest BCUT2D eigenvalue weighted by Gasteiger charge is -2.35. The summed E-state index contributed by atoms with van der Waals surface area (Å²) < 4.78 is 6.13. The lowest BCUT2D eigenvalue weighted by atomic mass is 9.92. The van der Waals surface area contributed by atoms with Gasteiger partial charge in [0.2, 0.25) is 0 Å². The van der Waals surface area contributed by atoms with Gasteiger partial charge in [-0.2, -0.15) is 0 Å². The van der Waals surface area contributed by atoms with Crippen LogP contribution in [-0.2, 0) is 6.42 Å². The summed E-state index contributed by atoms with van der Waals surface area (Å²) in [5, 5.41) is 0. The summed E-state index contributed by atoms with van der Waals surface area (Å²) in [5.74, 6) is 1.07. The van der Waals surface area contributed by atoms with Crippen LogP contribution in [0.3, 0.4) is 0 Å². The molecule has 122 valence electrons. The van der Waals surface area contributed by atoms with E-state index in [1.165, 1.54) is 29.5 Å². The molecule has 0 radical (unpaired) electrons. The van der Waals surface area contributed by atoms with Crippen LogP contribution < -0.4 is 4.74 Å². The Labute approximate surface area is 140 Å². The van der Waals surface area contributed by atoms with Crippen LogP contribution in [0.5, 0.6) is 5.75 Å². The minimum Gasteiger partial charge on any atom is -0.492 e. The maximum atomic E-state index is 6.13. The van der Waals surface area contributed by atoms with Crippen molar-refractivity contribution < 1.29 is 4.74 Å². The first-order valence-electron chi connectivity index (χ1n) is 8.87. The van der Waals surface area contributed by atoms with Crippen LogP contribution in [0, 0.1) is 0 Å². The molecule has 0 saturated carbocycles. The molecule has 0 aliphatic carbocycles. The Balaban J connectivity index is 1.90. The van der Waals surface area contributed by atoms with Crippen molar-refractivity contribution >= 4 is 0 Å². The van der Waals surface area contributed by atoms with Crippen LogP contribution in [0.1, 0.15) is 32.3 Å². The van der Waals surface area contributed by atoms with E-state index in [0.717, 1.165) is 31.9 Å². The van der Waals surface area contributed by atoms with E-state index in [-0.39, 0.29) is 0 Å². The number of ether oxygens (including phenoxy) is 1. The molecule has 0 unspecified atom stereocenters. The standard InChI is InChI=1S/C21H27NO/c1-3-13-22(14-4-2)18-15-20-19(17-9-6-5-7-10-17)11-8-12-21(20)23-16-18/h5-12,18H,3-4,13-16H2,1-2H3/t18-/m0/s1. The van der Waals surface area contributed by atoms with E-state index >= 15 is 0 Å². The third-order valence-corrected chi connectivity index (χ3v) is 4.63. The van der Waals surface area contributed by atoms with Crippen LogP contribution >= 0.6 is 0 Å². The normalized spacial score (nSPS) is 16.9. The van der Waals surface area contributed by atoms with Gasteiger partial charge in [-0.25, -0.2) is 0 Å². The average molecular weight is 309 g/mol. The highest BCUT2D eigenvalue weighted by Crippen LogP contribution is 2.35. The van der Waals surface area contributed by atoms with Crippen LogP contribution in [0.25, 0.3) is 11.1 Å². The van der Waals surface area contributed by atoms with Crippen molar-refractivity contribution in [3.05, 3.63) is 54.1 Å². The van der Waals surface area contributed by atoms with Crippen molar-refractivity contribution in [1.29, 1.82) is 0 Å². The third-order valence-electron chi connectivity index (χ3n) is 4.63. The molecule has 2 aromatic carbocycles. The van der Waals surface area contributed by atoms with E-state index in [4.69, 9.17) is 4.74 Å². The van der Waals surface area contributed by atoms with Gasteiger partial charge in [0.1, 0.15) is 12.4 Å². The lowest BCUT2D eigenvalue weighted by Crippen LogP contribution is -2.44. The first kappa shape index (κ1) is 16.1. The van der Waals surface area contributed by atoms with Crippen LogP contribution in [0.4, 0.5) is 0 Å². The Morgan fingerprint density at radius 3 is 2.39 bits per heavy atom. The maximum Gasteiger partial charge on any atom is 0.123 e. The van der Waals surface area contributed by atoms with E-state index in [0.29, 0.717) is 6.04 Å². The van der Waals surface area contributed by atoms with Gasteiger partial charge in [0.15, 0.2) is 0 Å². The van der Waals surface area contributed by atoms with Gasteiger partial charge in [0, 0.05) is 11.6 Å². The maximum absolute atomic E-state index is 6.13. The largest absolute Gasteiger partial charge is 0.492 e. The minimum absolute atomic E-state index is 0.493. The van der Waals surface area contributed by atoms with Crippen molar-refractivity contribution in [2.24, 2.45) is 0 Å². The summed E-state index contributed by atoms with van der Waals surface area (Å²) in [4.78, 5) is 2.60. The second kappa shape index (κ2) is 7.65. The summed E-state index contributed by atoms with van der Waals surface area (Å²) >= 11 is 0. The number of benzene rings is 2. The molecule has 1 aliphatic heterocycles. The fourth-order valence-corrected chi connectivity index (χ4v) is 3.57.